The van der Waals surface area contributed by atoms with Gasteiger partial charge >= 0.3 is 5.97 Å². The molecule has 2 amide bonds. The second-order valence-electron chi connectivity index (χ2n) is 8.74. The normalized spacial score (nSPS) is 13.0. The quantitative estimate of drug-likeness (QED) is 0.150. The molecule has 1 heterocycles. The van der Waals surface area contributed by atoms with Gasteiger partial charge in [-0.15, -0.1) is 23.1 Å². The molecule has 0 fully saturated rings. The van der Waals surface area contributed by atoms with Crippen molar-refractivity contribution < 1.29 is 24.0 Å². The van der Waals surface area contributed by atoms with Gasteiger partial charge in [0.15, 0.2) is 0 Å². The highest BCUT2D eigenvalue weighted by atomic mass is 32.2. The lowest BCUT2D eigenvalue weighted by molar-refractivity contribution is -0.384. The summed E-state index contributed by atoms with van der Waals surface area (Å²) in [5, 5.41) is 17.0. The standard InChI is InChI=1S/C27H27N3O6S2/c1-36-27(33)24-21-9-4-2-3-5-10-22(21)38-26(24)29-23(31)16-37-20-8-6-7-18(15-20)28-25(32)17-11-13-19(14-12-17)30(34)35/h6-8,11-15H,2-5,9-10,16H2,1H3,(H,28,32)(H,29,31). The number of methoxy groups -OCH3 is 1. The second-order valence-corrected chi connectivity index (χ2v) is 10.9. The van der Waals surface area contributed by atoms with Crippen LogP contribution in [0.1, 0.15) is 56.8 Å². The molecule has 0 unspecified atom stereocenters. The number of benzene rings is 2. The van der Waals surface area contributed by atoms with Crippen LogP contribution in [-0.4, -0.2) is 35.6 Å². The van der Waals surface area contributed by atoms with Crippen molar-refractivity contribution in [1.29, 1.82) is 0 Å². The number of esters is 1. The number of ether oxygens (including phenoxy) is 1. The molecule has 11 heteroatoms. The van der Waals surface area contributed by atoms with E-state index in [2.05, 4.69) is 10.6 Å². The van der Waals surface area contributed by atoms with Crippen LogP contribution in [0.4, 0.5) is 16.4 Å². The Morgan fingerprint density at radius 1 is 1.03 bits per heavy atom. The van der Waals surface area contributed by atoms with E-state index in [9.17, 15) is 24.5 Å². The number of hydrogen-bond acceptors (Lipinski definition) is 8. The average Bonchev–Trinajstić information content (AvgIpc) is 3.22. The Hall–Kier alpha value is -3.70. The minimum Gasteiger partial charge on any atom is -0.465 e. The number of carbonyl (C=O) groups is 3. The first-order valence-corrected chi connectivity index (χ1v) is 14.0. The molecule has 0 spiro atoms. The lowest BCUT2D eigenvalue weighted by Gasteiger charge is -2.11. The molecule has 9 nitrogen and oxygen atoms in total. The minimum atomic E-state index is -0.524. The van der Waals surface area contributed by atoms with Gasteiger partial charge in [0.2, 0.25) is 5.91 Å². The molecule has 2 N–H and O–H groups in total. The average molecular weight is 554 g/mol. The summed E-state index contributed by atoms with van der Waals surface area (Å²) in [5.74, 6) is -0.955. The topological polar surface area (TPSA) is 128 Å². The van der Waals surface area contributed by atoms with E-state index < -0.39 is 16.8 Å². The van der Waals surface area contributed by atoms with Crippen LogP contribution in [0.3, 0.4) is 0 Å². The summed E-state index contributed by atoms with van der Waals surface area (Å²) in [6.45, 7) is 0. The first kappa shape index (κ1) is 27.3. The number of rotatable bonds is 8. The van der Waals surface area contributed by atoms with Gasteiger partial charge in [-0.1, -0.05) is 18.9 Å². The van der Waals surface area contributed by atoms with Gasteiger partial charge in [0.1, 0.15) is 5.00 Å². The van der Waals surface area contributed by atoms with Gasteiger partial charge in [-0.3, -0.25) is 19.7 Å². The number of thioether (sulfide) groups is 1. The number of anilines is 2. The van der Waals surface area contributed by atoms with E-state index in [0.717, 1.165) is 53.9 Å². The van der Waals surface area contributed by atoms with Crippen molar-refractivity contribution in [1.82, 2.24) is 0 Å². The van der Waals surface area contributed by atoms with Crippen molar-refractivity contribution in [2.75, 3.05) is 23.5 Å². The maximum absolute atomic E-state index is 12.8. The molecule has 1 aromatic heterocycles. The molecule has 3 aromatic rings. The molecule has 198 valence electrons. The number of thiophene rings is 1. The van der Waals surface area contributed by atoms with Crippen molar-refractivity contribution >= 4 is 57.3 Å². The number of nitro groups is 1. The SMILES string of the molecule is COC(=O)c1c(NC(=O)CSc2cccc(NC(=O)c3ccc([N+](=O)[O-])cc3)c2)sc2c1CCCCCC2. The number of hydrogen-bond donors (Lipinski definition) is 2. The minimum absolute atomic E-state index is 0.0920. The Bertz CT molecular complexity index is 1350. The first-order valence-electron chi connectivity index (χ1n) is 12.2. The number of non-ortho nitro benzene ring substituents is 1. The highest BCUT2D eigenvalue weighted by Crippen LogP contribution is 2.37. The molecule has 1 aliphatic carbocycles. The van der Waals surface area contributed by atoms with Gasteiger partial charge in [0.05, 0.1) is 23.3 Å². The van der Waals surface area contributed by atoms with Crippen LogP contribution < -0.4 is 10.6 Å². The van der Waals surface area contributed by atoms with E-state index in [1.165, 1.54) is 54.5 Å². The summed E-state index contributed by atoms with van der Waals surface area (Å²) in [7, 11) is 1.35. The van der Waals surface area contributed by atoms with Gasteiger partial charge in [-0.05, 0) is 61.6 Å². The van der Waals surface area contributed by atoms with Crippen molar-refractivity contribution in [2.24, 2.45) is 0 Å². The Balaban J connectivity index is 1.39. The molecule has 0 radical (unpaired) electrons. The Morgan fingerprint density at radius 3 is 2.47 bits per heavy atom. The maximum Gasteiger partial charge on any atom is 0.341 e. The first-order chi connectivity index (χ1) is 18.4. The van der Waals surface area contributed by atoms with Crippen LogP contribution in [0.15, 0.2) is 53.4 Å². The molecule has 0 aliphatic heterocycles. The molecular formula is C27H27N3O6S2. The van der Waals surface area contributed by atoms with Gasteiger partial charge in [0.25, 0.3) is 11.6 Å². The summed E-state index contributed by atoms with van der Waals surface area (Å²) in [6.07, 6.45) is 6.06. The summed E-state index contributed by atoms with van der Waals surface area (Å²) >= 11 is 2.76. The van der Waals surface area contributed by atoms with Gasteiger partial charge < -0.3 is 15.4 Å². The van der Waals surface area contributed by atoms with Crippen molar-refractivity contribution in [3.8, 4) is 0 Å². The highest BCUT2D eigenvalue weighted by molar-refractivity contribution is 8.00. The molecule has 4 rings (SSSR count). The third kappa shape index (κ3) is 6.78. The number of nitro benzene ring substituents is 1. The summed E-state index contributed by atoms with van der Waals surface area (Å²) in [5.41, 5.74) is 2.21. The van der Waals surface area contributed by atoms with Crippen molar-refractivity contribution in [3.63, 3.8) is 0 Å². The Morgan fingerprint density at radius 2 is 1.76 bits per heavy atom. The van der Waals surface area contributed by atoms with Crippen LogP contribution in [0.25, 0.3) is 0 Å². The van der Waals surface area contributed by atoms with Crippen LogP contribution in [0.5, 0.6) is 0 Å². The summed E-state index contributed by atoms with van der Waals surface area (Å²) < 4.78 is 5.02. The number of nitrogens with one attached hydrogen (secondary N) is 2. The van der Waals surface area contributed by atoms with Crippen LogP contribution >= 0.6 is 23.1 Å². The van der Waals surface area contributed by atoms with E-state index in [1.54, 1.807) is 18.2 Å². The summed E-state index contributed by atoms with van der Waals surface area (Å²) in [4.78, 5) is 50.1. The maximum atomic E-state index is 12.8. The van der Waals surface area contributed by atoms with E-state index >= 15 is 0 Å². The highest BCUT2D eigenvalue weighted by Gasteiger charge is 2.26. The van der Waals surface area contributed by atoms with Crippen molar-refractivity contribution in [3.05, 3.63) is 80.2 Å². The molecule has 2 aromatic carbocycles. The second kappa shape index (κ2) is 12.7. The molecule has 0 saturated heterocycles. The van der Waals surface area contributed by atoms with E-state index in [-0.39, 0.29) is 17.3 Å². The lowest BCUT2D eigenvalue weighted by Crippen LogP contribution is -2.16. The fraction of sp³-hybridized carbons (Fsp3) is 0.296. The predicted molar refractivity (Wildman–Crippen MR) is 148 cm³/mol. The predicted octanol–water partition coefficient (Wildman–Crippen LogP) is 6.09. The number of amides is 2. The Labute approximate surface area is 228 Å². The number of nitrogens with zero attached hydrogens (tertiary/aromatic N) is 1. The molecule has 0 bridgehead atoms. The van der Waals surface area contributed by atoms with E-state index in [1.807, 2.05) is 6.07 Å². The zero-order valence-electron chi connectivity index (χ0n) is 20.8. The molecule has 38 heavy (non-hydrogen) atoms. The smallest absolute Gasteiger partial charge is 0.341 e. The summed E-state index contributed by atoms with van der Waals surface area (Å²) in [6, 6.07) is 12.4. The van der Waals surface area contributed by atoms with E-state index in [0.29, 0.717) is 21.8 Å². The van der Waals surface area contributed by atoms with E-state index in [4.69, 9.17) is 4.74 Å². The number of aryl methyl sites for hydroxylation is 1. The van der Waals surface area contributed by atoms with Crippen LogP contribution in [-0.2, 0) is 22.4 Å². The van der Waals surface area contributed by atoms with Gasteiger partial charge in [0, 0.05) is 33.2 Å². The lowest BCUT2D eigenvalue weighted by atomic mass is 9.96. The zero-order chi connectivity index (χ0) is 27.1. The fourth-order valence-electron chi connectivity index (χ4n) is 4.24. The fourth-order valence-corrected chi connectivity index (χ4v) is 6.29. The zero-order valence-corrected chi connectivity index (χ0v) is 22.4. The molecule has 1 aliphatic rings. The molecule has 0 saturated carbocycles. The largest absolute Gasteiger partial charge is 0.465 e. The van der Waals surface area contributed by atoms with Crippen molar-refractivity contribution in [2.45, 2.75) is 43.4 Å². The third-order valence-corrected chi connectivity index (χ3v) is 8.32. The molecular weight excluding hydrogens is 526 g/mol. The molecule has 0 atom stereocenters. The monoisotopic (exact) mass is 553 g/mol. The number of carbonyl (C=O) groups excluding carboxylic acids is 3. The Kier molecular flexibility index (Phi) is 9.14. The number of fused-ring (bicyclic) bond motifs is 1. The third-order valence-electron chi connectivity index (χ3n) is 6.12. The van der Waals surface area contributed by atoms with Crippen LogP contribution in [0.2, 0.25) is 0 Å². The van der Waals surface area contributed by atoms with Gasteiger partial charge in [-0.25, -0.2) is 4.79 Å². The van der Waals surface area contributed by atoms with Crippen LogP contribution in [0, 0.1) is 10.1 Å². The van der Waals surface area contributed by atoms with Gasteiger partial charge in [-0.2, -0.15) is 0 Å².